The molecule has 0 saturated carbocycles. The van der Waals surface area contributed by atoms with E-state index in [9.17, 15) is 0 Å². The van der Waals surface area contributed by atoms with E-state index < -0.39 is 0 Å². The zero-order valence-electron chi connectivity index (χ0n) is 7.81. The van der Waals surface area contributed by atoms with Crippen molar-refractivity contribution in [2.45, 2.75) is 6.10 Å². The fourth-order valence-electron chi connectivity index (χ4n) is 1.41. The van der Waals surface area contributed by atoms with Crippen LogP contribution < -0.4 is 0 Å². The van der Waals surface area contributed by atoms with Gasteiger partial charge in [0.15, 0.2) is 0 Å². The number of epoxide rings is 1. The number of nitrogens with zero attached hydrogens (tertiary/aromatic N) is 1. The van der Waals surface area contributed by atoms with Crippen LogP contribution in [-0.2, 0) is 4.74 Å². The van der Waals surface area contributed by atoms with Gasteiger partial charge in [0, 0.05) is 10.6 Å². The summed E-state index contributed by atoms with van der Waals surface area (Å²) < 4.78 is 10.5. The van der Waals surface area contributed by atoms with Crippen molar-refractivity contribution >= 4 is 11.6 Å². The van der Waals surface area contributed by atoms with E-state index in [1.54, 1.807) is 6.26 Å². The third-order valence-corrected chi connectivity index (χ3v) is 2.49. The van der Waals surface area contributed by atoms with Gasteiger partial charge in [-0.15, -0.1) is 0 Å². The average Bonchev–Trinajstić information content (AvgIpc) is 2.97. The molecule has 0 bridgehead atoms. The summed E-state index contributed by atoms with van der Waals surface area (Å²) in [6, 6.07) is 7.42. The van der Waals surface area contributed by atoms with Crippen LogP contribution in [0.3, 0.4) is 0 Å². The van der Waals surface area contributed by atoms with Gasteiger partial charge in [0.1, 0.15) is 18.1 Å². The summed E-state index contributed by atoms with van der Waals surface area (Å²) >= 11 is 5.88. The van der Waals surface area contributed by atoms with Crippen LogP contribution >= 0.6 is 11.6 Å². The normalized spacial score (nSPS) is 19.1. The van der Waals surface area contributed by atoms with Gasteiger partial charge in [-0.3, -0.25) is 0 Å². The third-order valence-electron chi connectivity index (χ3n) is 2.26. The lowest BCUT2D eigenvalue weighted by Crippen LogP contribution is -1.81. The molecule has 0 spiro atoms. The van der Waals surface area contributed by atoms with Gasteiger partial charge >= 0.3 is 0 Å². The molecule has 3 rings (SSSR count). The minimum absolute atomic E-state index is 0.127. The maximum absolute atomic E-state index is 5.88. The molecule has 1 fully saturated rings. The van der Waals surface area contributed by atoms with Crippen molar-refractivity contribution < 1.29 is 9.15 Å². The number of oxazole rings is 1. The van der Waals surface area contributed by atoms with Crippen molar-refractivity contribution in [2.24, 2.45) is 0 Å². The van der Waals surface area contributed by atoms with E-state index in [1.165, 1.54) is 0 Å². The Hall–Kier alpha value is -1.32. The lowest BCUT2D eigenvalue weighted by molar-refractivity contribution is 0.410. The Kier molecular flexibility index (Phi) is 2.01. The highest BCUT2D eigenvalue weighted by atomic mass is 35.5. The van der Waals surface area contributed by atoms with Crippen LogP contribution in [-0.4, -0.2) is 11.6 Å². The molecule has 0 N–H and O–H groups in total. The van der Waals surface area contributed by atoms with Crippen molar-refractivity contribution in [3.8, 4) is 11.5 Å². The van der Waals surface area contributed by atoms with Crippen LogP contribution in [0.2, 0.25) is 5.02 Å². The first-order valence-corrected chi connectivity index (χ1v) is 5.04. The smallest absolute Gasteiger partial charge is 0.226 e. The molecule has 3 nitrogen and oxygen atoms in total. The standard InChI is InChI=1S/C11H8ClNO2/c12-8-3-1-2-7(4-8)11-13-9(5-15-11)10-6-14-10/h1-5,10H,6H2. The Morgan fingerprint density at radius 3 is 3.00 bits per heavy atom. The Morgan fingerprint density at radius 1 is 1.40 bits per heavy atom. The molecule has 1 saturated heterocycles. The van der Waals surface area contributed by atoms with E-state index in [0.29, 0.717) is 10.9 Å². The number of hydrogen-bond donors (Lipinski definition) is 0. The molecule has 0 amide bonds. The van der Waals surface area contributed by atoms with E-state index >= 15 is 0 Å². The largest absolute Gasteiger partial charge is 0.444 e. The summed E-state index contributed by atoms with van der Waals surface area (Å²) in [5, 5.41) is 0.676. The summed E-state index contributed by atoms with van der Waals surface area (Å²) in [4.78, 5) is 4.33. The lowest BCUT2D eigenvalue weighted by Gasteiger charge is -1.94. The van der Waals surface area contributed by atoms with Gasteiger partial charge in [-0.1, -0.05) is 17.7 Å². The second-order valence-electron chi connectivity index (χ2n) is 3.41. The van der Waals surface area contributed by atoms with Gasteiger partial charge in [-0.2, -0.15) is 0 Å². The number of hydrogen-bond acceptors (Lipinski definition) is 3. The quantitative estimate of drug-likeness (QED) is 0.732. The highest BCUT2D eigenvalue weighted by molar-refractivity contribution is 6.30. The fourth-order valence-corrected chi connectivity index (χ4v) is 1.60. The third kappa shape index (κ3) is 1.76. The maximum atomic E-state index is 5.88. The number of halogens is 1. The fraction of sp³-hybridized carbons (Fsp3) is 0.182. The second kappa shape index (κ2) is 3.36. The second-order valence-corrected chi connectivity index (χ2v) is 3.85. The minimum Gasteiger partial charge on any atom is -0.444 e. The Labute approximate surface area is 91.6 Å². The molecule has 76 valence electrons. The van der Waals surface area contributed by atoms with Gasteiger partial charge in [0.2, 0.25) is 5.89 Å². The van der Waals surface area contributed by atoms with Crippen LogP contribution in [0.4, 0.5) is 0 Å². The Bertz CT molecular complexity index is 491. The Morgan fingerprint density at radius 2 is 2.27 bits per heavy atom. The molecule has 4 heteroatoms. The first kappa shape index (κ1) is 8.95. The van der Waals surface area contributed by atoms with Crippen molar-refractivity contribution in [1.82, 2.24) is 4.98 Å². The molecule has 0 radical (unpaired) electrons. The average molecular weight is 222 g/mol. The molecule has 2 aromatic rings. The van der Waals surface area contributed by atoms with E-state index in [-0.39, 0.29) is 6.10 Å². The van der Waals surface area contributed by atoms with Crippen molar-refractivity contribution in [2.75, 3.05) is 6.61 Å². The molecule has 1 aliphatic heterocycles. The molecular weight excluding hydrogens is 214 g/mol. The van der Waals surface area contributed by atoms with Crippen LogP contribution in [0, 0.1) is 0 Å². The molecule has 1 unspecified atom stereocenters. The SMILES string of the molecule is Clc1cccc(-c2nc(C3CO3)co2)c1. The number of ether oxygens (including phenoxy) is 1. The van der Waals surface area contributed by atoms with Gasteiger partial charge in [-0.05, 0) is 18.2 Å². The number of rotatable bonds is 2. The zero-order chi connectivity index (χ0) is 10.3. The molecule has 1 aromatic carbocycles. The highest BCUT2D eigenvalue weighted by Crippen LogP contribution is 2.31. The predicted molar refractivity (Wildman–Crippen MR) is 55.6 cm³/mol. The van der Waals surface area contributed by atoms with Crippen LogP contribution in [0.1, 0.15) is 11.8 Å². The Balaban J connectivity index is 1.97. The molecule has 1 atom stereocenters. The van der Waals surface area contributed by atoms with Crippen molar-refractivity contribution in [1.29, 1.82) is 0 Å². The molecule has 1 aliphatic rings. The summed E-state index contributed by atoms with van der Waals surface area (Å²) in [6.45, 7) is 0.738. The van der Waals surface area contributed by atoms with E-state index in [1.807, 2.05) is 24.3 Å². The van der Waals surface area contributed by atoms with Crippen molar-refractivity contribution in [3.05, 3.63) is 41.2 Å². The highest BCUT2D eigenvalue weighted by Gasteiger charge is 2.28. The predicted octanol–water partition coefficient (Wildman–Crippen LogP) is 3.07. The van der Waals surface area contributed by atoms with Crippen LogP contribution in [0.25, 0.3) is 11.5 Å². The minimum atomic E-state index is 0.127. The van der Waals surface area contributed by atoms with Gasteiger partial charge in [0.05, 0.1) is 6.61 Å². The molecular formula is C11H8ClNO2. The summed E-state index contributed by atoms with van der Waals surface area (Å²) in [6.07, 6.45) is 1.76. The van der Waals surface area contributed by atoms with E-state index in [2.05, 4.69) is 4.98 Å². The first-order valence-electron chi connectivity index (χ1n) is 4.66. The molecule has 1 aromatic heterocycles. The summed E-state index contributed by atoms with van der Waals surface area (Å²) in [5.74, 6) is 0.586. The number of aromatic nitrogens is 1. The van der Waals surface area contributed by atoms with Crippen molar-refractivity contribution in [3.63, 3.8) is 0 Å². The summed E-state index contributed by atoms with van der Waals surface area (Å²) in [7, 11) is 0. The van der Waals surface area contributed by atoms with E-state index in [0.717, 1.165) is 17.9 Å². The first-order chi connectivity index (χ1) is 7.33. The van der Waals surface area contributed by atoms with Crippen LogP contribution in [0.15, 0.2) is 34.9 Å². The van der Waals surface area contributed by atoms with Gasteiger partial charge in [0.25, 0.3) is 0 Å². The van der Waals surface area contributed by atoms with Gasteiger partial charge < -0.3 is 9.15 Å². The lowest BCUT2D eigenvalue weighted by atomic mass is 10.2. The van der Waals surface area contributed by atoms with Gasteiger partial charge in [-0.25, -0.2) is 4.98 Å². The van der Waals surface area contributed by atoms with Crippen LogP contribution in [0.5, 0.6) is 0 Å². The summed E-state index contributed by atoms with van der Waals surface area (Å²) in [5.41, 5.74) is 1.74. The van der Waals surface area contributed by atoms with E-state index in [4.69, 9.17) is 20.8 Å². The zero-order valence-corrected chi connectivity index (χ0v) is 8.57. The molecule has 0 aliphatic carbocycles. The topological polar surface area (TPSA) is 38.6 Å². The molecule has 15 heavy (non-hydrogen) atoms. The number of benzene rings is 1. The monoisotopic (exact) mass is 221 g/mol. The molecule has 2 heterocycles. The maximum Gasteiger partial charge on any atom is 0.226 e.